The third kappa shape index (κ3) is 5.36. The Labute approximate surface area is 117 Å². The van der Waals surface area contributed by atoms with Gasteiger partial charge in [-0.05, 0) is 20.9 Å². The molecule has 1 unspecified atom stereocenters. The fourth-order valence-electron chi connectivity index (χ4n) is 2.64. The molecule has 0 amide bonds. The molecule has 1 atom stereocenters. The predicted molar refractivity (Wildman–Crippen MR) is 76.6 cm³/mol. The highest BCUT2D eigenvalue weighted by atomic mass is 16.5. The lowest BCUT2D eigenvalue weighted by molar-refractivity contribution is -0.121. The maximum Gasteiger partial charge on any atom is 0.0940 e. The zero-order valence-electron chi connectivity index (χ0n) is 12.7. The molecular formula is C14H29N3O2. The second-order valence-electron chi connectivity index (χ2n) is 6.35. The molecule has 5 nitrogen and oxygen atoms in total. The van der Waals surface area contributed by atoms with Crippen molar-refractivity contribution >= 4 is 0 Å². The van der Waals surface area contributed by atoms with Crippen molar-refractivity contribution in [2.45, 2.75) is 25.6 Å². The molecule has 0 radical (unpaired) electrons. The van der Waals surface area contributed by atoms with E-state index in [1.807, 2.05) is 0 Å². The van der Waals surface area contributed by atoms with Gasteiger partial charge in [0.2, 0.25) is 0 Å². The summed E-state index contributed by atoms with van der Waals surface area (Å²) in [6.07, 6.45) is 0.191. The van der Waals surface area contributed by atoms with E-state index in [1.165, 1.54) is 13.1 Å². The summed E-state index contributed by atoms with van der Waals surface area (Å²) < 4.78 is 11.7. The van der Waals surface area contributed by atoms with Gasteiger partial charge in [-0.25, -0.2) is 0 Å². The third-order valence-corrected chi connectivity index (χ3v) is 3.86. The van der Waals surface area contributed by atoms with Gasteiger partial charge in [0, 0.05) is 45.8 Å². The van der Waals surface area contributed by atoms with Gasteiger partial charge in [0.05, 0.1) is 24.9 Å². The van der Waals surface area contributed by atoms with E-state index < -0.39 is 0 Å². The van der Waals surface area contributed by atoms with E-state index in [-0.39, 0.29) is 11.7 Å². The Morgan fingerprint density at radius 3 is 2.68 bits per heavy atom. The number of rotatable bonds is 5. The van der Waals surface area contributed by atoms with E-state index >= 15 is 0 Å². The zero-order chi connectivity index (χ0) is 13.7. The van der Waals surface area contributed by atoms with Crippen molar-refractivity contribution in [2.24, 2.45) is 0 Å². The van der Waals surface area contributed by atoms with Crippen molar-refractivity contribution in [1.29, 1.82) is 0 Å². The highest BCUT2D eigenvalue weighted by Gasteiger charge is 2.28. The average Bonchev–Trinajstić information content (AvgIpc) is 2.36. The van der Waals surface area contributed by atoms with Crippen LogP contribution in [0.5, 0.6) is 0 Å². The van der Waals surface area contributed by atoms with Crippen LogP contribution in [0.4, 0.5) is 0 Å². The molecule has 2 heterocycles. The number of morpholine rings is 1. The number of piperazine rings is 1. The van der Waals surface area contributed by atoms with Gasteiger partial charge < -0.3 is 19.7 Å². The van der Waals surface area contributed by atoms with Crippen molar-refractivity contribution in [3.05, 3.63) is 0 Å². The number of hydrogen-bond donors (Lipinski definition) is 1. The molecule has 2 saturated heterocycles. The van der Waals surface area contributed by atoms with Crippen molar-refractivity contribution < 1.29 is 9.47 Å². The normalized spacial score (nSPS) is 29.5. The third-order valence-electron chi connectivity index (χ3n) is 3.86. The quantitative estimate of drug-likeness (QED) is 0.713. The van der Waals surface area contributed by atoms with E-state index in [9.17, 15) is 0 Å². The molecule has 0 aromatic rings. The summed E-state index contributed by atoms with van der Waals surface area (Å²) in [5.41, 5.74) is -0.0657. The number of ether oxygens (including phenoxy) is 2. The first-order chi connectivity index (χ1) is 9.05. The molecule has 2 fully saturated rings. The summed E-state index contributed by atoms with van der Waals surface area (Å²) in [6.45, 7) is 13.3. The van der Waals surface area contributed by atoms with Gasteiger partial charge in [0.25, 0.3) is 0 Å². The first kappa shape index (κ1) is 15.2. The van der Waals surface area contributed by atoms with Crippen molar-refractivity contribution in [3.63, 3.8) is 0 Å². The molecule has 0 aromatic carbocycles. The largest absolute Gasteiger partial charge is 0.377 e. The van der Waals surface area contributed by atoms with Crippen molar-refractivity contribution in [1.82, 2.24) is 15.1 Å². The molecule has 0 aliphatic carbocycles. The van der Waals surface area contributed by atoms with Gasteiger partial charge in [-0.3, -0.25) is 4.90 Å². The van der Waals surface area contributed by atoms with Crippen LogP contribution < -0.4 is 5.32 Å². The molecular weight excluding hydrogens is 242 g/mol. The molecule has 0 aromatic heterocycles. The van der Waals surface area contributed by atoms with Gasteiger partial charge in [0.15, 0.2) is 0 Å². The number of likely N-dealkylation sites (N-methyl/N-ethyl adjacent to an activating group) is 1. The lowest BCUT2D eigenvalue weighted by Gasteiger charge is -2.36. The standard InChI is InChI=1S/C14H29N3O2/c1-14(2)12-15-10-13(19-14)11-18-9-8-17-6-4-16(3)5-7-17/h13,15H,4-12H2,1-3H3. The molecule has 19 heavy (non-hydrogen) atoms. The maximum absolute atomic E-state index is 5.97. The topological polar surface area (TPSA) is 37.0 Å². The van der Waals surface area contributed by atoms with Gasteiger partial charge in [0.1, 0.15) is 0 Å². The van der Waals surface area contributed by atoms with Crippen LogP contribution in [0.15, 0.2) is 0 Å². The maximum atomic E-state index is 5.97. The van der Waals surface area contributed by atoms with Crippen molar-refractivity contribution in [3.8, 4) is 0 Å². The second kappa shape index (κ2) is 6.99. The Balaban J connectivity index is 1.54. The Bertz CT molecular complexity index is 265. The van der Waals surface area contributed by atoms with Crippen LogP contribution in [-0.2, 0) is 9.47 Å². The van der Waals surface area contributed by atoms with E-state index in [0.29, 0.717) is 6.61 Å². The molecule has 1 N–H and O–H groups in total. The Hall–Kier alpha value is -0.200. The molecule has 112 valence electrons. The average molecular weight is 271 g/mol. The minimum Gasteiger partial charge on any atom is -0.377 e. The summed E-state index contributed by atoms with van der Waals surface area (Å²) >= 11 is 0. The van der Waals surface area contributed by atoms with Gasteiger partial charge in [-0.1, -0.05) is 0 Å². The fourth-order valence-corrected chi connectivity index (χ4v) is 2.64. The summed E-state index contributed by atoms with van der Waals surface area (Å²) in [5.74, 6) is 0. The molecule has 2 rings (SSSR count). The van der Waals surface area contributed by atoms with Crippen LogP contribution in [0.25, 0.3) is 0 Å². The molecule has 0 spiro atoms. The molecule has 0 bridgehead atoms. The van der Waals surface area contributed by atoms with Crippen LogP contribution >= 0.6 is 0 Å². The summed E-state index contributed by atoms with van der Waals surface area (Å²) in [5, 5.41) is 3.40. The lowest BCUT2D eigenvalue weighted by atomic mass is 10.1. The molecule has 2 aliphatic heterocycles. The minimum atomic E-state index is -0.0657. The van der Waals surface area contributed by atoms with Crippen LogP contribution in [0.2, 0.25) is 0 Å². The smallest absolute Gasteiger partial charge is 0.0940 e. The van der Waals surface area contributed by atoms with E-state index in [2.05, 4.69) is 36.0 Å². The SMILES string of the molecule is CN1CCN(CCOCC2CNCC(C)(C)O2)CC1. The van der Waals surface area contributed by atoms with Crippen LogP contribution in [0.3, 0.4) is 0 Å². The number of nitrogens with zero attached hydrogens (tertiary/aromatic N) is 2. The summed E-state index contributed by atoms with van der Waals surface area (Å²) in [4.78, 5) is 4.85. The summed E-state index contributed by atoms with van der Waals surface area (Å²) in [7, 11) is 2.18. The lowest BCUT2D eigenvalue weighted by Crippen LogP contribution is -2.52. The van der Waals surface area contributed by atoms with Gasteiger partial charge in [-0.15, -0.1) is 0 Å². The summed E-state index contributed by atoms with van der Waals surface area (Å²) in [6, 6.07) is 0. The molecule has 0 saturated carbocycles. The highest BCUT2D eigenvalue weighted by molar-refractivity contribution is 4.81. The molecule has 5 heteroatoms. The Morgan fingerprint density at radius 2 is 2.00 bits per heavy atom. The highest BCUT2D eigenvalue weighted by Crippen LogP contribution is 2.15. The number of nitrogens with one attached hydrogen (secondary N) is 1. The Kier molecular flexibility index (Phi) is 5.59. The van der Waals surface area contributed by atoms with E-state index in [0.717, 1.165) is 39.3 Å². The van der Waals surface area contributed by atoms with Gasteiger partial charge in [-0.2, -0.15) is 0 Å². The van der Waals surface area contributed by atoms with Crippen LogP contribution in [-0.4, -0.2) is 87.6 Å². The van der Waals surface area contributed by atoms with Crippen LogP contribution in [0, 0.1) is 0 Å². The fraction of sp³-hybridized carbons (Fsp3) is 1.00. The second-order valence-corrected chi connectivity index (χ2v) is 6.35. The predicted octanol–water partition coefficient (Wildman–Crippen LogP) is 0.0174. The van der Waals surface area contributed by atoms with E-state index in [1.54, 1.807) is 0 Å². The van der Waals surface area contributed by atoms with Gasteiger partial charge >= 0.3 is 0 Å². The first-order valence-electron chi connectivity index (χ1n) is 7.42. The van der Waals surface area contributed by atoms with E-state index in [4.69, 9.17) is 9.47 Å². The number of hydrogen-bond acceptors (Lipinski definition) is 5. The monoisotopic (exact) mass is 271 g/mol. The zero-order valence-corrected chi connectivity index (χ0v) is 12.7. The first-order valence-corrected chi connectivity index (χ1v) is 7.42. The Morgan fingerprint density at radius 1 is 1.26 bits per heavy atom. The van der Waals surface area contributed by atoms with Crippen LogP contribution in [0.1, 0.15) is 13.8 Å². The molecule has 2 aliphatic rings. The minimum absolute atomic E-state index is 0.0657. The van der Waals surface area contributed by atoms with Crippen molar-refractivity contribution in [2.75, 3.05) is 66.1 Å².